The number of ketones is 1. The Labute approximate surface area is 180 Å². The minimum atomic E-state index is -0.378. The van der Waals surface area contributed by atoms with E-state index in [1.807, 2.05) is 49.2 Å². The molecule has 0 unspecified atom stereocenters. The van der Waals surface area contributed by atoms with Gasteiger partial charge in [-0.25, -0.2) is 9.37 Å². The number of benzene rings is 2. The number of rotatable bonds is 5. The maximum Gasteiger partial charge on any atom is 0.255 e. The lowest BCUT2D eigenvalue weighted by atomic mass is 10.00. The van der Waals surface area contributed by atoms with Crippen LogP contribution in [0.25, 0.3) is 0 Å². The van der Waals surface area contributed by atoms with E-state index < -0.39 is 0 Å². The number of likely N-dealkylation sites (N-methyl/N-ethyl adjacent to an activating group) is 1. The molecule has 0 bridgehead atoms. The number of aromatic nitrogens is 1. The zero-order chi connectivity index (χ0) is 22.0. The Kier molecular flexibility index (Phi) is 5.66. The number of halogens is 1. The van der Waals surface area contributed by atoms with E-state index >= 15 is 0 Å². The van der Waals surface area contributed by atoms with Gasteiger partial charge in [0, 0.05) is 54.3 Å². The molecule has 1 aromatic heterocycles. The predicted octanol–water partition coefficient (Wildman–Crippen LogP) is 3.95. The van der Waals surface area contributed by atoms with E-state index in [9.17, 15) is 14.0 Å². The first-order valence-corrected chi connectivity index (χ1v) is 10.0. The summed E-state index contributed by atoms with van der Waals surface area (Å²) in [5, 5.41) is 6.13. The highest BCUT2D eigenvalue weighted by Gasteiger charge is 2.22. The van der Waals surface area contributed by atoms with E-state index in [0.29, 0.717) is 30.8 Å². The largest absolute Gasteiger partial charge is 0.367 e. The maximum absolute atomic E-state index is 13.0. The van der Waals surface area contributed by atoms with E-state index in [-0.39, 0.29) is 17.5 Å². The van der Waals surface area contributed by atoms with Crippen LogP contribution < -0.4 is 15.5 Å². The Morgan fingerprint density at radius 2 is 1.84 bits per heavy atom. The van der Waals surface area contributed by atoms with E-state index in [0.717, 1.165) is 28.3 Å². The quantitative estimate of drug-likeness (QED) is 0.656. The predicted molar refractivity (Wildman–Crippen MR) is 119 cm³/mol. The first-order valence-electron chi connectivity index (χ1n) is 10.0. The molecule has 2 N–H and O–H groups in total. The summed E-state index contributed by atoms with van der Waals surface area (Å²) >= 11 is 0. The lowest BCUT2D eigenvalue weighted by molar-refractivity contribution is -0.117. The van der Waals surface area contributed by atoms with Gasteiger partial charge in [0.25, 0.3) is 5.91 Å². The summed E-state index contributed by atoms with van der Waals surface area (Å²) in [6.07, 6.45) is 0.434. The summed E-state index contributed by atoms with van der Waals surface area (Å²) in [6, 6.07) is 14.9. The van der Waals surface area contributed by atoms with Gasteiger partial charge in [0.2, 0.25) is 0 Å². The SMILES string of the molecule is Cc1nc(NCc2ccc(NC(=O)c3ccc(F)cc3)cc2)cc2c1CC(=O)CN2C. The summed E-state index contributed by atoms with van der Waals surface area (Å²) in [4.78, 5) is 30.6. The van der Waals surface area contributed by atoms with Gasteiger partial charge < -0.3 is 15.5 Å². The van der Waals surface area contributed by atoms with Crippen molar-refractivity contribution in [1.29, 1.82) is 0 Å². The molecule has 3 aromatic rings. The number of amides is 1. The molecule has 1 aliphatic rings. The number of carbonyl (C=O) groups excluding carboxylic acids is 2. The van der Waals surface area contributed by atoms with Crippen LogP contribution in [-0.2, 0) is 17.8 Å². The number of aryl methyl sites for hydroxylation is 1. The number of Topliss-reactive ketones (excluding diaryl/α,β-unsaturated/α-hetero) is 1. The summed E-state index contributed by atoms with van der Waals surface area (Å²) in [6.45, 7) is 2.91. The van der Waals surface area contributed by atoms with Crippen LogP contribution in [0.2, 0.25) is 0 Å². The van der Waals surface area contributed by atoms with Crippen LogP contribution in [-0.4, -0.2) is 30.3 Å². The second kappa shape index (κ2) is 8.55. The molecule has 158 valence electrons. The van der Waals surface area contributed by atoms with Gasteiger partial charge >= 0.3 is 0 Å². The van der Waals surface area contributed by atoms with Gasteiger partial charge in [-0.05, 0) is 48.9 Å². The van der Waals surface area contributed by atoms with Crippen molar-refractivity contribution in [3.63, 3.8) is 0 Å². The number of carbonyl (C=O) groups is 2. The molecule has 0 radical (unpaired) electrons. The highest BCUT2D eigenvalue weighted by atomic mass is 19.1. The fraction of sp³-hybridized carbons (Fsp3) is 0.208. The monoisotopic (exact) mass is 418 g/mol. The van der Waals surface area contributed by atoms with Crippen LogP contribution in [0.15, 0.2) is 54.6 Å². The molecule has 2 aromatic carbocycles. The third-order valence-corrected chi connectivity index (χ3v) is 5.30. The van der Waals surface area contributed by atoms with Crippen molar-refractivity contribution < 1.29 is 14.0 Å². The molecule has 1 aliphatic heterocycles. The number of pyridine rings is 1. The molecule has 31 heavy (non-hydrogen) atoms. The number of hydrogen-bond donors (Lipinski definition) is 2. The molecule has 6 nitrogen and oxygen atoms in total. The minimum Gasteiger partial charge on any atom is -0.367 e. The van der Waals surface area contributed by atoms with Crippen molar-refractivity contribution in [3.8, 4) is 0 Å². The second-order valence-electron chi connectivity index (χ2n) is 7.67. The molecule has 0 saturated carbocycles. The summed E-state index contributed by atoms with van der Waals surface area (Å²) in [5.41, 5.74) is 4.97. The molecule has 7 heteroatoms. The maximum atomic E-state index is 13.0. The number of nitrogens with zero attached hydrogens (tertiary/aromatic N) is 2. The first-order chi connectivity index (χ1) is 14.9. The average Bonchev–Trinajstić information content (AvgIpc) is 2.74. The molecule has 0 saturated heterocycles. The smallest absolute Gasteiger partial charge is 0.255 e. The highest BCUT2D eigenvalue weighted by Crippen LogP contribution is 2.29. The van der Waals surface area contributed by atoms with Crippen LogP contribution in [0, 0.1) is 12.7 Å². The summed E-state index contributed by atoms with van der Waals surface area (Å²) < 4.78 is 13.0. The van der Waals surface area contributed by atoms with E-state index in [2.05, 4.69) is 15.6 Å². The number of hydrogen-bond acceptors (Lipinski definition) is 5. The van der Waals surface area contributed by atoms with Crippen molar-refractivity contribution in [2.45, 2.75) is 19.9 Å². The molecule has 4 rings (SSSR count). The van der Waals surface area contributed by atoms with Crippen molar-refractivity contribution in [3.05, 3.63) is 82.8 Å². The van der Waals surface area contributed by atoms with Gasteiger partial charge in [-0.2, -0.15) is 0 Å². The van der Waals surface area contributed by atoms with Crippen molar-refractivity contribution in [1.82, 2.24) is 4.98 Å². The van der Waals surface area contributed by atoms with Crippen LogP contribution in [0.4, 0.5) is 21.6 Å². The van der Waals surface area contributed by atoms with Crippen molar-refractivity contribution in [2.24, 2.45) is 0 Å². The number of fused-ring (bicyclic) bond motifs is 1. The Hall–Kier alpha value is -3.74. The molecular formula is C24H23FN4O2. The summed E-state index contributed by atoms with van der Waals surface area (Å²) in [7, 11) is 1.91. The first kappa shape index (κ1) is 20.5. The van der Waals surface area contributed by atoms with E-state index in [4.69, 9.17) is 0 Å². The molecule has 0 spiro atoms. The zero-order valence-corrected chi connectivity index (χ0v) is 17.4. The average molecular weight is 418 g/mol. The van der Waals surface area contributed by atoms with E-state index in [1.54, 1.807) is 0 Å². The standard InChI is InChI=1S/C24H23FN4O2/c1-15-21-11-20(30)14-29(2)22(21)12-23(27-15)26-13-16-3-9-19(10-4-16)28-24(31)17-5-7-18(25)8-6-17/h3-10,12H,11,13-14H2,1-2H3,(H,26,27)(H,28,31). The fourth-order valence-electron chi connectivity index (χ4n) is 3.64. The summed E-state index contributed by atoms with van der Waals surface area (Å²) in [5.74, 6) is 0.290. The van der Waals surface area contributed by atoms with Gasteiger partial charge in [0.15, 0.2) is 5.78 Å². The van der Waals surface area contributed by atoms with E-state index in [1.165, 1.54) is 24.3 Å². The second-order valence-corrected chi connectivity index (χ2v) is 7.67. The Balaban J connectivity index is 1.39. The lowest BCUT2D eigenvalue weighted by Crippen LogP contribution is -2.33. The highest BCUT2D eigenvalue weighted by molar-refractivity contribution is 6.04. The Morgan fingerprint density at radius 3 is 2.55 bits per heavy atom. The van der Waals surface area contributed by atoms with Crippen molar-refractivity contribution >= 4 is 28.9 Å². The molecule has 1 amide bonds. The Bertz CT molecular complexity index is 1130. The number of nitrogens with one attached hydrogen (secondary N) is 2. The third-order valence-electron chi connectivity index (χ3n) is 5.30. The lowest BCUT2D eigenvalue weighted by Gasteiger charge is -2.28. The number of anilines is 3. The van der Waals surface area contributed by atoms with Crippen LogP contribution in [0.5, 0.6) is 0 Å². The fourth-order valence-corrected chi connectivity index (χ4v) is 3.64. The van der Waals surface area contributed by atoms with Crippen molar-refractivity contribution in [2.75, 3.05) is 29.1 Å². The molecule has 0 atom stereocenters. The van der Waals surface area contributed by atoms with Crippen LogP contribution >= 0.6 is 0 Å². The van der Waals surface area contributed by atoms with Crippen LogP contribution in [0.1, 0.15) is 27.2 Å². The van der Waals surface area contributed by atoms with Gasteiger partial charge in [-0.1, -0.05) is 12.1 Å². The Morgan fingerprint density at radius 1 is 1.13 bits per heavy atom. The molecular weight excluding hydrogens is 395 g/mol. The molecule has 0 aliphatic carbocycles. The van der Waals surface area contributed by atoms with Gasteiger partial charge in [0.1, 0.15) is 11.6 Å². The normalized spacial score (nSPS) is 13.0. The molecule has 0 fully saturated rings. The zero-order valence-electron chi connectivity index (χ0n) is 17.4. The van der Waals surface area contributed by atoms with Gasteiger partial charge in [-0.3, -0.25) is 9.59 Å². The third kappa shape index (κ3) is 4.71. The van der Waals surface area contributed by atoms with Gasteiger partial charge in [-0.15, -0.1) is 0 Å². The molecule has 2 heterocycles. The topological polar surface area (TPSA) is 74.3 Å². The van der Waals surface area contributed by atoms with Crippen LogP contribution in [0.3, 0.4) is 0 Å². The van der Waals surface area contributed by atoms with Gasteiger partial charge in [0.05, 0.1) is 6.54 Å². The minimum absolute atomic E-state index is 0.201.